The van der Waals surface area contributed by atoms with Gasteiger partial charge in [-0.25, -0.2) is 14.0 Å². The van der Waals surface area contributed by atoms with E-state index >= 15 is 0 Å². The van der Waals surface area contributed by atoms with E-state index in [9.17, 15) is 14.0 Å². The molecule has 0 heterocycles. The second-order valence-corrected chi connectivity index (χ2v) is 5.21. The van der Waals surface area contributed by atoms with E-state index in [4.69, 9.17) is 4.74 Å². The molecule has 1 saturated carbocycles. The highest BCUT2D eigenvalue weighted by atomic mass is 18.2. The molecular formula is C11H18FNO4. The molecule has 98 valence electrons. The maximum Gasteiger partial charge on any atom is 0.408 e. The van der Waals surface area contributed by atoms with Crippen molar-refractivity contribution in [3.05, 3.63) is 0 Å². The lowest BCUT2D eigenvalue weighted by Crippen LogP contribution is -2.64. The van der Waals surface area contributed by atoms with E-state index < -0.39 is 29.4 Å². The molecule has 1 fully saturated rings. The average molecular weight is 246 g/mol. The summed E-state index contributed by atoms with van der Waals surface area (Å²) in [4.78, 5) is 23.0. The molecule has 0 bridgehead atoms. The molecule has 17 heavy (non-hydrogen) atoms. The van der Waals surface area contributed by atoms with Crippen molar-refractivity contribution in [2.75, 3.05) is 7.11 Å². The summed E-state index contributed by atoms with van der Waals surface area (Å²) in [6.45, 7) is 5.11. The van der Waals surface area contributed by atoms with Gasteiger partial charge >= 0.3 is 12.1 Å². The zero-order valence-electron chi connectivity index (χ0n) is 10.5. The Morgan fingerprint density at radius 1 is 1.35 bits per heavy atom. The number of hydrogen-bond acceptors (Lipinski definition) is 4. The molecule has 0 atom stereocenters. The van der Waals surface area contributed by atoms with Crippen molar-refractivity contribution in [3.8, 4) is 0 Å². The van der Waals surface area contributed by atoms with E-state index in [1.165, 1.54) is 7.11 Å². The summed E-state index contributed by atoms with van der Waals surface area (Å²) in [6.07, 6.45) is -1.98. The van der Waals surface area contributed by atoms with Crippen molar-refractivity contribution >= 4 is 12.1 Å². The summed E-state index contributed by atoms with van der Waals surface area (Å²) in [5.74, 6) is -0.641. The number of nitrogens with one attached hydrogen (secondary N) is 1. The lowest BCUT2D eigenvalue weighted by atomic mass is 9.75. The van der Waals surface area contributed by atoms with Crippen molar-refractivity contribution in [2.24, 2.45) is 0 Å². The quantitative estimate of drug-likeness (QED) is 0.751. The van der Waals surface area contributed by atoms with Crippen LogP contribution in [0.15, 0.2) is 0 Å². The van der Waals surface area contributed by atoms with Crippen molar-refractivity contribution in [2.45, 2.75) is 50.9 Å². The number of carbonyl (C=O) groups is 2. The predicted molar refractivity (Wildman–Crippen MR) is 58.2 cm³/mol. The molecule has 1 aliphatic rings. The molecule has 0 spiro atoms. The Bertz CT molecular complexity index is 318. The highest BCUT2D eigenvalue weighted by Gasteiger charge is 2.53. The van der Waals surface area contributed by atoms with Gasteiger partial charge in [0.2, 0.25) is 0 Å². The van der Waals surface area contributed by atoms with Gasteiger partial charge in [0.25, 0.3) is 0 Å². The fraction of sp³-hybridized carbons (Fsp3) is 0.818. The molecule has 0 aliphatic heterocycles. The third-order valence-electron chi connectivity index (χ3n) is 2.46. The second kappa shape index (κ2) is 4.50. The number of rotatable bonds is 2. The summed E-state index contributed by atoms with van der Waals surface area (Å²) >= 11 is 0. The summed E-state index contributed by atoms with van der Waals surface area (Å²) in [6, 6.07) is 0. The van der Waals surface area contributed by atoms with Crippen LogP contribution in [-0.2, 0) is 14.3 Å². The van der Waals surface area contributed by atoms with Crippen molar-refractivity contribution in [1.82, 2.24) is 5.32 Å². The highest BCUT2D eigenvalue weighted by molar-refractivity contribution is 5.87. The number of ether oxygens (including phenoxy) is 2. The van der Waals surface area contributed by atoms with Crippen LogP contribution in [0.2, 0.25) is 0 Å². The van der Waals surface area contributed by atoms with E-state index in [-0.39, 0.29) is 12.8 Å². The Hall–Kier alpha value is -1.33. The normalized spacial score (nSPS) is 27.9. The molecule has 0 unspecified atom stereocenters. The molecular weight excluding hydrogens is 228 g/mol. The smallest absolute Gasteiger partial charge is 0.408 e. The Kier molecular flexibility index (Phi) is 3.64. The van der Waals surface area contributed by atoms with E-state index in [0.29, 0.717) is 0 Å². The zero-order chi connectivity index (χ0) is 13.3. The molecule has 5 nitrogen and oxygen atoms in total. The van der Waals surface area contributed by atoms with E-state index in [1.54, 1.807) is 20.8 Å². The first-order chi connectivity index (χ1) is 7.68. The Labute approximate surface area is 99.6 Å². The van der Waals surface area contributed by atoms with Gasteiger partial charge in [-0.05, 0) is 20.8 Å². The minimum atomic E-state index is -1.27. The van der Waals surface area contributed by atoms with Crippen LogP contribution in [0.3, 0.4) is 0 Å². The van der Waals surface area contributed by atoms with Gasteiger partial charge in [0.05, 0.1) is 7.11 Å². The minimum absolute atomic E-state index is 0.0705. The summed E-state index contributed by atoms with van der Waals surface area (Å²) < 4.78 is 22.5. The van der Waals surface area contributed by atoms with Crippen molar-refractivity contribution < 1.29 is 23.5 Å². The van der Waals surface area contributed by atoms with Crippen LogP contribution in [0.4, 0.5) is 9.18 Å². The monoisotopic (exact) mass is 246 g/mol. The Morgan fingerprint density at radius 3 is 2.24 bits per heavy atom. The molecule has 6 heteroatoms. The molecule has 1 aliphatic carbocycles. The largest absolute Gasteiger partial charge is 0.467 e. The van der Waals surface area contributed by atoms with Gasteiger partial charge in [-0.2, -0.15) is 0 Å². The Balaban J connectivity index is 2.63. The maximum absolute atomic E-state index is 12.9. The summed E-state index contributed by atoms with van der Waals surface area (Å²) in [7, 11) is 1.20. The molecule has 1 amide bonds. The van der Waals surface area contributed by atoms with Gasteiger partial charge < -0.3 is 14.8 Å². The average Bonchev–Trinajstić information content (AvgIpc) is 2.10. The molecule has 1 N–H and O–H groups in total. The summed E-state index contributed by atoms with van der Waals surface area (Å²) in [5.41, 5.74) is -1.93. The van der Waals surface area contributed by atoms with Crippen LogP contribution in [0.25, 0.3) is 0 Å². The molecule has 0 aromatic heterocycles. The lowest BCUT2D eigenvalue weighted by molar-refractivity contribution is -0.155. The zero-order valence-corrected chi connectivity index (χ0v) is 10.5. The third kappa shape index (κ3) is 3.31. The number of esters is 1. The van der Waals surface area contributed by atoms with Gasteiger partial charge in [0, 0.05) is 12.8 Å². The fourth-order valence-corrected chi connectivity index (χ4v) is 1.71. The van der Waals surface area contributed by atoms with Gasteiger partial charge in [0.15, 0.2) is 0 Å². The number of amides is 1. The van der Waals surface area contributed by atoms with Crippen LogP contribution >= 0.6 is 0 Å². The van der Waals surface area contributed by atoms with E-state index in [0.717, 1.165) is 0 Å². The van der Waals surface area contributed by atoms with Crippen molar-refractivity contribution in [3.63, 3.8) is 0 Å². The number of alkyl halides is 1. The van der Waals surface area contributed by atoms with E-state index in [1.807, 2.05) is 0 Å². The van der Waals surface area contributed by atoms with Crippen LogP contribution in [0, 0.1) is 0 Å². The number of carbonyl (C=O) groups excluding carboxylic acids is 2. The first-order valence-electron chi connectivity index (χ1n) is 5.42. The third-order valence-corrected chi connectivity index (χ3v) is 2.46. The first-order valence-corrected chi connectivity index (χ1v) is 5.42. The number of halogens is 1. The topological polar surface area (TPSA) is 64.6 Å². The maximum atomic E-state index is 12.9. The molecule has 0 radical (unpaired) electrons. The molecule has 0 saturated heterocycles. The number of hydrogen-bond donors (Lipinski definition) is 1. The summed E-state index contributed by atoms with van der Waals surface area (Å²) in [5, 5.41) is 2.39. The SMILES string of the molecule is COC(=O)C1(NC(=O)OC(C)(C)C)CC([18F])C1. The van der Waals surface area contributed by atoms with Gasteiger partial charge in [-0.15, -0.1) is 0 Å². The number of methoxy groups -OCH3 is 1. The minimum Gasteiger partial charge on any atom is -0.467 e. The second-order valence-electron chi connectivity index (χ2n) is 5.21. The van der Waals surface area contributed by atoms with E-state index in [2.05, 4.69) is 10.1 Å². The van der Waals surface area contributed by atoms with Crippen LogP contribution in [-0.4, -0.2) is 36.5 Å². The van der Waals surface area contributed by atoms with Gasteiger partial charge in [-0.1, -0.05) is 0 Å². The van der Waals surface area contributed by atoms with Gasteiger partial charge in [-0.3, -0.25) is 0 Å². The van der Waals surface area contributed by atoms with Crippen LogP contribution < -0.4 is 5.32 Å². The van der Waals surface area contributed by atoms with Crippen LogP contribution in [0.1, 0.15) is 33.6 Å². The van der Waals surface area contributed by atoms with Crippen molar-refractivity contribution in [1.29, 1.82) is 0 Å². The van der Waals surface area contributed by atoms with Crippen LogP contribution in [0.5, 0.6) is 0 Å². The standard InChI is InChI=1S/C11H18FNO4/c1-10(2,3)17-9(15)13-11(8(14)16-4)5-7(12)6-11/h7H,5-6H2,1-4H3,(H,13,15)/i12-1. The predicted octanol–water partition coefficient (Wildman–Crippen LogP) is 1.55. The number of alkyl carbamates (subject to hydrolysis) is 1. The fourth-order valence-electron chi connectivity index (χ4n) is 1.71. The lowest BCUT2D eigenvalue weighted by Gasteiger charge is -2.41. The van der Waals surface area contributed by atoms with Gasteiger partial charge in [0.1, 0.15) is 17.3 Å². The molecule has 0 aromatic rings. The highest BCUT2D eigenvalue weighted by Crippen LogP contribution is 2.36. The molecule has 0 aromatic carbocycles. The first kappa shape index (κ1) is 13.7. The molecule has 1 rings (SSSR count). The Morgan fingerprint density at radius 2 is 1.88 bits per heavy atom.